The van der Waals surface area contributed by atoms with Crippen LogP contribution in [0.2, 0.25) is 0 Å². The van der Waals surface area contributed by atoms with Crippen LogP contribution in [-0.4, -0.2) is 58.7 Å². The molecule has 30 heavy (non-hydrogen) atoms. The summed E-state index contributed by atoms with van der Waals surface area (Å²) in [6.45, 7) is 1.44. The first-order chi connectivity index (χ1) is 12.6. The third-order valence-electron chi connectivity index (χ3n) is 3.43. The second-order valence-electron chi connectivity index (χ2n) is 5.31. The van der Waals surface area contributed by atoms with Crippen molar-refractivity contribution in [3.63, 3.8) is 0 Å². The van der Waals surface area contributed by atoms with E-state index in [4.69, 9.17) is 5.11 Å². The molecule has 0 aliphatic heterocycles. The van der Waals surface area contributed by atoms with Gasteiger partial charge < -0.3 is 5.11 Å². The summed E-state index contributed by atoms with van der Waals surface area (Å²) < 4.78 is 219. The van der Waals surface area contributed by atoms with Crippen molar-refractivity contribution in [1.29, 1.82) is 0 Å². The van der Waals surface area contributed by atoms with Gasteiger partial charge in [-0.25, -0.2) is 9.18 Å². The summed E-state index contributed by atoms with van der Waals surface area (Å²) in [5, 5.41) is 8.09. The van der Waals surface area contributed by atoms with Gasteiger partial charge in [0.1, 0.15) is 0 Å². The number of hydrogen-bond donors (Lipinski definition) is 1. The summed E-state index contributed by atoms with van der Waals surface area (Å²) in [4.78, 5) is 10.3. The van der Waals surface area contributed by atoms with Crippen LogP contribution < -0.4 is 0 Å². The largest absolute Gasteiger partial charge is 0.478 e. The van der Waals surface area contributed by atoms with Crippen LogP contribution in [0.4, 0.5) is 74.6 Å². The first kappa shape index (κ1) is 28.0. The zero-order chi connectivity index (χ0) is 25.2. The van der Waals surface area contributed by atoms with Gasteiger partial charge in [0.2, 0.25) is 0 Å². The summed E-state index contributed by atoms with van der Waals surface area (Å²) in [6, 6.07) is 0. The van der Waals surface area contributed by atoms with Gasteiger partial charge in [0, 0.05) is 0 Å². The van der Waals surface area contributed by atoms with Gasteiger partial charge in [-0.2, -0.15) is 70.2 Å². The lowest BCUT2D eigenvalue weighted by atomic mass is 9.81. The van der Waals surface area contributed by atoms with Crippen LogP contribution in [0.1, 0.15) is 0 Å². The highest BCUT2D eigenvalue weighted by molar-refractivity contribution is 5.89. The minimum absolute atomic E-state index is 1.44. The average molecular weight is 490 g/mol. The van der Waals surface area contributed by atoms with Gasteiger partial charge in [-0.15, -0.1) is 0 Å². The molecule has 1 unspecified atom stereocenters. The molecule has 0 aromatic heterocycles. The molecule has 0 aromatic rings. The maximum atomic E-state index is 13.8. The molecule has 0 saturated carbocycles. The van der Waals surface area contributed by atoms with Crippen molar-refractivity contribution in [3.8, 4) is 0 Å². The molecule has 19 heteroatoms. The molecule has 0 bridgehead atoms. The molecule has 0 aromatic carbocycles. The lowest BCUT2D eigenvalue weighted by Crippen LogP contribution is -2.75. The maximum absolute atomic E-state index is 13.8. The smallest absolute Gasteiger partial charge is 0.460 e. The topological polar surface area (TPSA) is 37.3 Å². The van der Waals surface area contributed by atoms with Crippen molar-refractivity contribution in [1.82, 2.24) is 0 Å². The lowest BCUT2D eigenvalue weighted by molar-refractivity contribution is -0.453. The van der Waals surface area contributed by atoms with E-state index in [1.807, 2.05) is 0 Å². The predicted molar refractivity (Wildman–Crippen MR) is 57.5 cm³/mol. The Morgan fingerprint density at radius 2 is 0.767 bits per heavy atom. The zero-order valence-electron chi connectivity index (χ0n) is 13.0. The van der Waals surface area contributed by atoms with Crippen molar-refractivity contribution < 1.29 is 84.5 Å². The normalized spacial score (nSPS) is 17.5. The third kappa shape index (κ3) is 3.23. The first-order valence-electron chi connectivity index (χ1n) is 6.24. The molecule has 1 atom stereocenters. The monoisotopic (exact) mass is 490 g/mol. The Labute approximate surface area is 151 Å². The molecule has 178 valence electrons. The first-order valence-corrected chi connectivity index (χ1v) is 6.24. The molecule has 0 radical (unpaired) electrons. The van der Waals surface area contributed by atoms with Crippen molar-refractivity contribution in [3.05, 3.63) is 12.2 Å². The summed E-state index contributed by atoms with van der Waals surface area (Å²) >= 11 is 0. The van der Waals surface area contributed by atoms with Gasteiger partial charge in [-0.05, 0) is 0 Å². The maximum Gasteiger partial charge on any atom is 0.460 e. The van der Waals surface area contributed by atoms with Crippen molar-refractivity contribution in [2.45, 2.75) is 47.6 Å². The van der Waals surface area contributed by atoms with E-state index in [0.717, 1.165) is 0 Å². The Morgan fingerprint density at radius 3 is 1.00 bits per heavy atom. The second kappa shape index (κ2) is 6.76. The van der Waals surface area contributed by atoms with Crippen LogP contribution in [0, 0.1) is 0 Å². The average Bonchev–Trinajstić information content (AvgIpc) is 2.49. The van der Waals surface area contributed by atoms with Crippen LogP contribution in [-0.2, 0) is 4.79 Å². The van der Waals surface area contributed by atoms with E-state index in [9.17, 15) is 79.4 Å². The zero-order valence-corrected chi connectivity index (χ0v) is 13.0. The quantitative estimate of drug-likeness (QED) is 0.371. The molecule has 1 N–H and O–H groups in total. The van der Waals surface area contributed by atoms with Crippen LogP contribution in [0.5, 0.6) is 0 Å². The minimum Gasteiger partial charge on any atom is -0.478 e. The summed E-state index contributed by atoms with van der Waals surface area (Å²) in [7, 11) is 0. The minimum atomic E-state index is -8.75. The Bertz CT molecular complexity index is 699. The van der Waals surface area contributed by atoms with E-state index < -0.39 is 59.2 Å². The Balaban J connectivity index is 7.11. The number of carboxylic acid groups (broad SMARTS) is 1. The molecular weight excluding hydrogens is 487 g/mol. The van der Waals surface area contributed by atoms with Crippen molar-refractivity contribution >= 4 is 5.97 Å². The second-order valence-corrected chi connectivity index (χ2v) is 5.31. The Morgan fingerprint density at radius 1 is 0.500 bits per heavy atom. The highest BCUT2D eigenvalue weighted by atomic mass is 19.4. The summed E-state index contributed by atoms with van der Waals surface area (Å²) in [6.07, 6.45) is -15.5. The molecule has 0 rings (SSSR count). The van der Waals surface area contributed by atoms with Crippen LogP contribution in [0.15, 0.2) is 12.2 Å². The van der Waals surface area contributed by atoms with Crippen molar-refractivity contribution in [2.75, 3.05) is 0 Å². The number of carbonyl (C=O) groups is 1. The number of carboxylic acids is 1. The molecule has 0 heterocycles. The van der Waals surface area contributed by atoms with Crippen LogP contribution in [0.25, 0.3) is 0 Å². The highest BCUT2D eigenvalue weighted by Crippen LogP contribution is 2.64. The molecule has 0 aliphatic carbocycles. The molecular formula is C11H3F17O2. The number of aliphatic carboxylic acids is 1. The predicted octanol–water partition coefficient (Wildman–Crippen LogP) is 5.64. The number of alkyl halides is 17. The summed E-state index contributed by atoms with van der Waals surface area (Å²) in [5.74, 6) is -46.3. The van der Waals surface area contributed by atoms with Gasteiger partial charge in [0.15, 0.2) is 0 Å². The number of halogens is 17. The molecule has 0 amide bonds. The highest BCUT2D eigenvalue weighted by Gasteiger charge is 2.95. The van der Waals surface area contributed by atoms with E-state index in [1.165, 1.54) is 6.58 Å². The summed E-state index contributed by atoms with van der Waals surface area (Å²) in [5.41, 5.74) is -11.2. The van der Waals surface area contributed by atoms with Gasteiger partial charge in [-0.1, -0.05) is 6.58 Å². The fourth-order valence-corrected chi connectivity index (χ4v) is 1.67. The molecule has 2 nitrogen and oxygen atoms in total. The Kier molecular flexibility index (Phi) is 6.31. The van der Waals surface area contributed by atoms with E-state index in [2.05, 4.69) is 0 Å². The number of rotatable bonds is 7. The molecule has 0 fully saturated rings. The SMILES string of the molecule is C=C(C(=O)O)C(F)(C(F)(F)F)C(F)(F)C(F)(F)C(F)(F)C(F)(F)C(F)(F)C(F)(F)F. The van der Waals surface area contributed by atoms with Crippen LogP contribution >= 0.6 is 0 Å². The van der Waals surface area contributed by atoms with Gasteiger partial charge in [0.05, 0.1) is 5.57 Å². The third-order valence-corrected chi connectivity index (χ3v) is 3.43. The van der Waals surface area contributed by atoms with E-state index in [0.29, 0.717) is 0 Å². The Hall–Kier alpha value is -1.98. The van der Waals surface area contributed by atoms with E-state index in [-0.39, 0.29) is 0 Å². The molecule has 0 spiro atoms. The molecule has 0 aliphatic rings. The van der Waals surface area contributed by atoms with Gasteiger partial charge >= 0.3 is 53.6 Å². The van der Waals surface area contributed by atoms with Gasteiger partial charge in [0.25, 0.3) is 0 Å². The van der Waals surface area contributed by atoms with Crippen LogP contribution in [0.3, 0.4) is 0 Å². The number of hydrogen-bond acceptors (Lipinski definition) is 1. The van der Waals surface area contributed by atoms with E-state index >= 15 is 0 Å². The fourth-order valence-electron chi connectivity index (χ4n) is 1.67. The lowest BCUT2D eigenvalue weighted by Gasteiger charge is -2.44. The van der Waals surface area contributed by atoms with Crippen molar-refractivity contribution in [2.24, 2.45) is 0 Å². The standard InChI is InChI=1S/C11H3F17O2/c1-2(3(29)30)4(12,10(23,24)25)5(13,14)6(15,16)7(17,18)8(19,20)9(21,22)11(26,27)28/h1H2,(H,29,30). The molecule has 0 saturated heterocycles. The fraction of sp³-hybridized carbons (Fsp3) is 0.727. The van der Waals surface area contributed by atoms with E-state index in [1.54, 1.807) is 0 Å². The van der Waals surface area contributed by atoms with Gasteiger partial charge in [-0.3, -0.25) is 0 Å².